The summed E-state index contributed by atoms with van der Waals surface area (Å²) in [6.07, 6.45) is 0.931. The minimum atomic E-state index is -4.24. The highest BCUT2D eigenvalue weighted by Gasteiger charge is 2.35. The molecule has 10 heteroatoms. The smallest absolute Gasteiger partial charge is 0.264 e. The minimum absolute atomic E-state index is 0.0127. The van der Waals surface area contributed by atoms with Gasteiger partial charge in [-0.15, -0.1) is 0 Å². The van der Waals surface area contributed by atoms with Crippen molar-refractivity contribution in [2.75, 3.05) is 17.4 Å². The van der Waals surface area contributed by atoms with Gasteiger partial charge in [0.25, 0.3) is 10.0 Å². The second-order valence-electron chi connectivity index (χ2n) is 10.4. The Bertz CT molecular complexity index is 1680. The van der Waals surface area contributed by atoms with E-state index in [2.05, 4.69) is 5.32 Å². The van der Waals surface area contributed by atoms with Crippen LogP contribution in [0.15, 0.2) is 108 Å². The van der Waals surface area contributed by atoms with E-state index in [-0.39, 0.29) is 34.5 Å². The summed E-state index contributed by atoms with van der Waals surface area (Å²) in [7, 11) is -4.24. The number of para-hydroxylation sites is 1. The largest absolute Gasteiger partial charge is 0.354 e. The monoisotopic (exact) mass is 651 g/mol. The average molecular weight is 653 g/mol. The number of nitrogens with one attached hydrogen (secondary N) is 1. The number of hydrogen-bond acceptors (Lipinski definition) is 4. The van der Waals surface area contributed by atoms with Crippen LogP contribution in [0.3, 0.4) is 0 Å². The molecule has 7 nitrogen and oxygen atoms in total. The molecule has 0 saturated heterocycles. The van der Waals surface area contributed by atoms with Gasteiger partial charge in [0.05, 0.1) is 15.6 Å². The van der Waals surface area contributed by atoms with E-state index >= 15 is 0 Å². The van der Waals surface area contributed by atoms with Crippen molar-refractivity contribution in [3.05, 3.63) is 130 Å². The number of carbonyl (C=O) groups is 2. The molecule has 4 aromatic rings. The van der Waals surface area contributed by atoms with E-state index < -0.39 is 28.5 Å². The van der Waals surface area contributed by atoms with Crippen LogP contribution < -0.4 is 9.62 Å². The summed E-state index contributed by atoms with van der Waals surface area (Å²) in [5.41, 5.74) is 2.58. The average Bonchev–Trinajstić information content (AvgIpc) is 3.01. The fourth-order valence-corrected chi connectivity index (χ4v) is 6.69. The fraction of sp³-hybridized carbons (Fsp3) is 0.235. The second kappa shape index (κ2) is 15.2. The van der Waals surface area contributed by atoms with Gasteiger partial charge in [-0.3, -0.25) is 13.9 Å². The molecule has 0 aromatic heterocycles. The Morgan fingerprint density at radius 1 is 0.841 bits per heavy atom. The summed E-state index contributed by atoms with van der Waals surface area (Å²) >= 11 is 12.8. The van der Waals surface area contributed by atoms with E-state index in [4.69, 9.17) is 23.2 Å². The molecule has 0 aliphatic heterocycles. The lowest BCUT2D eigenvalue weighted by Crippen LogP contribution is -2.53. The molecule has 0 bridgehead atoms. The third-order valence-electron chi connectivity index (χ3n) is 7.07. The van der Waals surface area contributed by atoms with Crippen LogP contribution in [0.2, 0.25) is 10.0 Å². The Labute approximate surface area is 269 Å². The van der Waals surface area contributed by atoms with Crippen LogP contribution in [0.4, 0.5) is 5.69 Å². The first-order valence-corrected chi connectivity index (χ1v) is 16.5. The first-order valence-electron chi connectivity index (χ1n) is 14.3. The van der Waals surface area contributed by atoms with Gasteiger partial charge in [-0.25, -0.2) is 8.42 Å². The van der Waals surface area contributed by atoms with Crippen LogP contribution in [-0.2, 0) is 32.6 Å². The molecule has 0 heterocycles. The second-order valence-corrected chi connectivity index (χ2v) is 13.1. The van der Waals surface area contributed by atoms with Gasteiger partial charge in [-0.05, 0) is 60.9 Å². The molecular weight excluding hydrogens is 617 g/mol. The maximum atomic E-state index is 14.4. The van der Waals surface area contributed by atoms with E-state index in [1.54, 1.807) is 54.6 Å². The maximum absolute atomic E-state index is 14.4. The van der Waals surface area contributed by atoms with Gasteiger partial charge >= 0.3 is 0 Å². The first-order chi connectivity index (χ1) is 21.1. The van der Waals surface area contributed by atoms with Gasteiger partial charge in [-0.1, -0.05) is 102 Å². The van der Waals surface area contributed by atoms with Gasteiger partial charge in [0, 0.05) is 24.5 Å². The molecule has 1 N–H and O–H groups in total. The third kappa shape index (κ3) is 8.40. The van der Waals surface area contributed by atoms with Crippen LogP contribution in [0, 0.1) is 6.92 Å². The van der Waals surface area contributed by atoms with Crippen molar-refractivity contribution >= 4 is 50.7 Å². The molecule has 4 aromatic carbocycles. The summed E-state index contributed by atoms with van der Waals surface area (Å²) in [4.78, 5) is 29.6. The van der Waals surface area contributed by atoms with Crippen molar-refractivity contribution in [1.29, 1.82) is 0 Å². The third-order valence-corrected chi connectivity index (χ3v) is 9.40. The number of hydrogen-bond donors (Lipinski definition) is 1. The van der Waals surface area contributed by atoms with Crippen molar-refractivity contribution in [1.82, 2.24) is 10.2 Å². The lowest BCUT2D eigenvalue weighted by molar-refractivity contribution is -0.140. The quantitative estimate of drug-likeness (QED) is 0.175. The fourth-order valence-electron chi connectivity index (χ4n) is 4.76. The number of halogens is 2. The van der Waals surface area contributed by atoms with Crippen LogP contribution in [-0.4, -0.2) is 44.3 Å². The van der Waals surface area contributed by atoms with Crippen LogP contribution >= 0.6 is 23.2 Å². The molecule has 2 amide bonds. The van der Waals surface area contributed by atoms with E-state index in [0.717, 1.165) is 15.4 Å². The lowest BCUT2D eigenvalue weighted by Gasteiger charge is -2.34. The molecule has 0 radical (unpaired) electrons. The zero-order valence-corrected chi connectivity index (χ0v) is 26.9. The van der Waals surface area contributed by atoms with E-state index in [0.29, 0.717) is 23.6 Å². The van der Waals surface area contributed by atoms with E-state index in [1.165, 1.54) is 17.0 Å². The highest BCUT2D eigenvalue weighted by Crippen LogP contribution is 2.31. The normalized spacial score (nSPS) is 11.9. The van der Waals surface area contributed by atoms with Gasteiger partial charge in [0.2, 0.25) is 11.8 Å². The highest BCUT2D eigenvalue weighted by molar-refractivity contribution is 7.92. The van der Waals surface area contributed by atoms with Crippen molar-refractivity contribution in [3.63, 3.8) is 0 Å². The SMILES string of the molecule is CCCNC(=O)[C@H](Cc1ccccc1)N(Cc1cccc(Cl)c1)C(=O)CN(c1ccccc1Cl)S(=O)(=O)c1ccc(C)cc1. The predicted molar refractivity (Wildman–Crippen MR) is 176 cm³/mol. The Balaban J connectivity index is 1.80. The highest BCUT2D eigenvalue weighted by atomic mass is 35.5. The number of amides is 2. The van der Waals surface area contributed by atoms with Gasteiger partial charge in [0.1, 0.15) is 12.6 Å². The van der Waals surface area contributed by atoms with Crippen LogP contribution in [0.5, 0.6) is 0 Å². The lowest BCUT2D eigenvalue weighted by atomic mass is 10.0. The van der Waals surface area contributed by atoms with Gasteiger partial charge < -0.3 is 10.2 Å². The summed E-state index contributed by atoms with van der Waals surface area (Å²) < 4.78 is 29.2. The molecule has 1 atom stereocenters. The molecular formula is C34H35Cl2N3O4S. The molecule has 0 aliphatic carbocycles. The molecule has 230 valence electrons. The van der Waals surface area contributed by atoms with E-state index in [1.807, 2.05) is 50.2 Å². The van der Waals surface area contributed by atoms with Crippen LogP contribution in [0.25, 0.3) is 0 Å². The Kier molecular flexibility index (Phi) is 11.4. The molecule has 44 heavy (non-hydrogen) atoms. The standard InChI is InChI=1S/C34H35Cl2N3O4S/c1-3-20-37-34(41)32(22-26-10-5-4-6-11-26)38(23-27-12-9-13-28(35)21-27)33(40)24-39(31-15-8-7-14-30(31)36)44(42,43)29-18-16-25(2)17-19-29/h4-19,21,32H,3,20,22-24H2,1-2H3,(H,37,41)/t32-/m0/s1. The molecule has 0 fully saturated rings. The molecule has 0 unspecified atom stereocenters. The molecule has 0 saturated carbocycles. The number of rotatable bonds is 13. The first kappa shape index (κ1) is 33.1. The number of benzene rings is 4. The number of anilines is 1. The predicted octanol–water partition coefficient (Wildman–Crippen LogP) is 6.66. The zero-order valence-electron chi connectivity index (χ0n) is 24.6. The topological polar surface area (TPSA) is 86.8 Å². The number of carbonyl (C=O) groups excluding carboxylic acids is 2. The summed E-state index contributed by atoms with van der Waals surface area (Å²) in [5, 5.41) is 3.57. The Hall–Kier alpha value is -3.85. The van der Waals surface area contributed by atoms with E-state index in [9.17, 15) is 18.0 Å². The van der Waals surface area contributed by atoms with Gasteiger partial charge in [0.15, 0.2) is 0 Å². The Morgan fingerprint density at radius 3 is 2.16 bits per heavy atom. The molecule has 0 spiro atoms. The van der Waals surface area contributed by atoms with Crippen molar-refractivity contribution in [3.8, 4) is 0 Å². The zero-order chi connectivity index (χ0) is 31.7. The van der Waals surface area contributed by atoms with Gasteiger partial charge in [-0.2, -0.15) is 0 Å². The number of nitrogens with zero attached hydrogens (tertiary/aromatic N) is 2. The summed E-state index contributed by atoms with van der Waals surface area (Å²) in [6, 6.07) is 28.3. The maximum Gasteiger partial charge on any atom is 0.264 e. The van der Waals surface area contributed by atoms with Crippen molar-refractivity contribution < 1.29 is 18.0 Å². The van der Waals surface area contributed by atoms with Crippen molar-refractivity contribution in [2.45, 2.75) is 44.2 Å². The molecule has 0 aliphatic rings. The summed E-state index contributed by atoms with van der Waals surface area (Å²) in [6.45, 7) is 3.66. The minimum Gasteiger partial charge on any atom is -0.354 e. The van der Waals surface area contributed by atoms with Crippen LogP contribution in [0.1, 0.15) is 30.0 Å². The molecule has 4 rings (SSSR count). The number of aryl methyl sites for hydroxylation is 1. The summed E-state index contributed by atoms with van der Waals surface area (Å²) in [5.74, 6) is -0.912. The number of sulfonamides is 1. The van der Waals surface area contributed by atoms with Crippen molar-refractivity contribution in [2.24, 2.45) is 0 Å². The Morgan fingerprint density at radius 2 is 1.50 bits per heavy atom.